The molecule has 1 aliphatic heterocycles. The van der Waals surface area contributed by atoms with Crippen molar-refractivity contribution >= 4 is 41.2 Å². The van der Waals surface area contributed by atoms with Crippen molar-refractivity contribution in [3.8, 4) is 0 Å². The number of carbonyl (C=O) groups excluding carboxylic acids is 1. The third kappa shape index (κ3) is 7.80. The lowest BCUT2D eigenvalue weighted by molar-refractivity contribution is 0.0364. The molecule has 1 saturated heterocycles. The van der Waals surface area contributed by atoms with Crippen molar-refractivity contribution in [2.24, 2.45) is 0 Å². The van der Waals surface area contributed by atoms with Gasteiger partial charge in [-0.1, -0.05) is 78.0 Å². The number of nitrogens with zero attached hydrogens (tertiary/aromatic N) is 4. The number of hydrogen-bond donors (Lipinski definition) is 1. The van der Waals surface area contributed by atoms with E-state index < -0.39 is 0 Å². The van der Waals surface area contributed by atoms with Crippen molar-refractivity contribution in [1.29, 1.82) is 0 Å². The number of amides is 1. The molecule has 3 aromatic rings. The van der Waals surface area contributed by atoms with Crippen molar-refractivity contribution < 1.29 is 9.63 Å². The highest BCUT2D eigenvalue weighted by molar-refractivity contribution is 7.98. The van der Waals surface area contributed by atoms with Crippen LogP contribution in [0, 0.1) is 0 Å². The van der Waals surface area contributed by atoms with Crippen molar-refractivity contribution in [2.45, 2.75) is 17.8 Å². The van der Waals surface area contributed by atoms with Crippen LogP contribution >= 0.6 is 23.4 Å². The molecule has 0 bridgehead atoms. The number of benzene rings is 2. The molecule has 0 aliphatic carbocycles. The van der Waals surface area contributed by atoms with Crippen LogP contribution in [0.5, 0.6) is 0 Å². The second-order valence-electron chi connectivity index (χ2n) is 8.28. The maximum atomic E-state index is 12.0. The Balaban J connectivity index is 1.28. The predicted molar refractivity (Wildman–Crippen MR) is 146 cm³/mol. The van der Waals surface area contributed by atoms with Crippen LogP contribution in [-0.4, -0.2) is 60.1 Å². The maximum absolute atomic E-state index is 12.0. The van der Waals surface area contributed by atoms with Gasteiger partial charge >= 0.3 is 0 Å². The van der Waals surface area contributed by atoms with E-state index in [9.17, 15) is 4.79 Å². The summed E-state index contributed by atoms with van der Waals surface area (Å²) in [6, 6.07) is 19.6. The minimum absolute atomic E-state index is 0.258. The van der Waals surface area contributed by atoms with E-state index >= 15 is 0 Å². The Hall–Kier alpha value is -2.91. The van der Waals surface area contributed by atoms with Crippen LogP contribution in [0.1, 0.15) is 28.4 Å². The first kappa shape index (κ1) is 26.2. The highest BCUT2D eigenvalue weighted by Gasteiger charge is 2.18. The van der Waals surface area contributed by atoms with Gasteiger partial charge in [-0.05, 0) is 30.2 Å². The van der Waals surface area contributed by atoms with E-state index in [-0.39, 0.29) is 5.91 Å². The summed E-state index contributed by atoms with van der Waals surface area (Å²) < 4.78 is 0. The smallest absolute Gasteiger partial charge is 0.274 e. The summed E-state index contributed by atoms with van der Waals surface area (Å²) in [6.07, 6.45) is 4.39. The fourth-order valence-electron chi connectivity index (χ4n) is 3.77. The van der Waals surface area contributed by atoms with Gasteiger partial charge in [-0.25, -0.2) is 15.4 Å². The molecule has 9 heteroatoms. The molecule has 4 rings (SSSR count). The van der Waals surface area contributed by atoms with Crippen LogP contribution in [0.4, 0.5) is 5.82 Å². The van der Waals surface area contributed by atoms with E-state index in [1.807, 2.05) is 31.2 Å². The van der Waals surface area contributed by atoms with Crippen LogP contribution in [0.2, 0.25) is 5.15 Å². The molecule has 1 fully saturated rings. The number of aromatic nitrogens is 2. The summed E-state index contributed by atoms with van der Waals surface area (Å²) in [6.45, 7) is 6.88. The number of piperazine rings is 1. The van der Waals surface area contributed by atoms with E-state index in [2.05, 4.69) is 56.7 Å². The largest absolute Gasteiger partial charge is 0.354 e. The van der Waals surface area contributed by atoms with Crippen molar-refractivity contribution in [3.63, 3.8) is 0 Å². The molecule has 0 spiro atoms. The zero-order chi connectivity index (χ0) is 25.2. The Bertz CT molecular complexity index is 1150. The SMILES string of the molecule is CCONC(=O)c1ccc(CSc2nc(Cl)cc(N3CCN(C/C=C/c4ccccc4)CC3)n2)cc1. The number of halogens is 1. The number of hydrogen-bond acceptors (Lipinski definition) is 7. The van der Waals surface area contributed by atoms with E-state index in [0.29, 0.717) is 28.2 Å². The van der Waals surface area contributed by atoms with E-state index in [1.54, 1.807) is 12.1 Å². The van der Waals surface area contributed by atoms with Crippen LogP contribution in [-0.2, 0) is 10.6 Å². The molecule has 1 amide bonds. The van der Waals surface area contributed by atoms with Gasteiger partial charge in [0.15, 0.2) is 5.16 Å². The van der Waals surface area contributed by atoms with E-state index in [4.69, 9.17) is 21.4 Å². The third-order valence-electron chi connectivity index (χ3n) is 5.72. The number of rotatable bonds is 10. The molecule has 2 aromatic carbocycles. The molecule has 1 aliphatic rings. The molecule has 7 nitrogen and oxygen atoms in total. The summed E-state index contributed by atoms with van der Waals surface area (Å²) in [7, 11) is 0. The first-order chi connectivity index (χ1) is 17.6. The average Bonchev–Trinajstić information content (AvgIpc) is 2.91. The van der Waals surface area contributed by atoms with Crippen molar-refractivity contribution in [3.05, 3.63) is 88.6 Å². The van der Waals surface area contributed by atoms with Crippen LogP contribution < -0.4 is 10.4 Å². The molecule has 1 N–H and O–H groups in total. The second kappa shape index (κ2) is 13.4. The lowest BCUT2D eigenvalue weighted by atomic mass is 10.1. The fourth-order valence-corrected chi connectivity index (χ4v) is 4.81. The second-order valence-corrected chi connectivity index (χ2v) is 9.61. The molecule has 1 aromatic heterocycles. The number of hydroxylamine groups is 1. The molecule has 0 atom stereocenters. The highest BCUT2D eigenvalue weighted by Crippen LogP contribution is 2.25. The number of nitrogens with one attached hydrogen (secondary N) is 1. The van der Waals surface area contributed by atoms with Gasteiger partial charge in [0, 0.05) is 50.1 Å². The predicted octanol–water partition coefficient (Wildman–Crippen LogP) is 4.94. The zero-order valence-electron chi connectivity index (χ0n) is 20.3. The Morgan fingerprint density at radius 3 is 2.56 bits per heavy atom. The van der Waals surface area contributed by atoms with E-state index in [0.717, 1.165) is 44.1 Å². The Labute approximate surface area is 221 Å². The topological polar surface area (TPSA) is 70.6 Å². The zero-order valence-corrected chi connectivity index (χ0v) is 21.8. The standard InChI is InChI=1S/C27H30ClN5O2S/c1-2-35-31-26(34)23-12-10-22(11-13-23)20-36-27-29-24(28)19-25(30-27)33-17-15-32(16-18-33)14-6-9-21-7-4-3-5-8-21/h3-13,19H,2,14-18,20H2,1H3,(H,31,34)/b9-6+. The van der Waals surface area contributed by atoms with Gasteiger partial charge in [0.05, 0.1) is 6.61 Å². The molecule has 0 saturated carbocycles. The van der Waals surface area contributed by atoms with Crippen molar-refractivity contribution in [2.75, 3.05) is 44.2 Å². The molecule has 0 radical (unpaired) electrons. The Morgan fingerprint density at radius 2 is 1.83 bits per heavy atom. The molecule has 188 valence electrons. The molecule has 36 heavy (non-hydrogen) atoms. The number of carbonyl (C=O) groups is 1. The minimum Gasteiger partial charge on any atom is -0.354 e. The van der Waals surface area contributed by atoms with Gasteiger partial charge in [-0.15, -0.1) is 0 Å². The lowest BCUT2D eigenvalue weighted by Crippen LogP contribution is -2.46. The molecule has 0 unspecified atom stereocenters. The summed E-state index contributed by atoms with van der Waals surface area (Å²) in [5, 5.41) is 1.09. The van der Waals surface area contributed by atoms with Gasteiger partial charge in [-0.2, -0.15) is 0 Å². The third-order valence-corrected chi connectivity index (χ3v) is 6.84. The molecular weight excluding hydrogens is 494 g/mol. The average molecular weight is 524 g/mol. The van der Waals surface area contributed by atoms with Gasteiger partial charge in [-0.3, -0.25) is 14.5 Å². The van der Waals surface area contributed by atoms with Gasteiger partial charge in [0.2, 0.25) is 0 Å². The summed E-state index contributed by atoms with van der Waals surface area (Å²) >= 11 is 7.86. The number of anilines is 1. The highest BCUT2D eigenvalue weighted by atomic mass is 35.5. The van der Waals surface area contributed by atoms with Gasteiger partial charge in [0.1, 0.15) is 11.0 Å². The first-order valence-electron chi connectivity index (χ1n) is 12.0. The molecular formula is C27H30ClN5O2S. The van der Waals surface area contributed by atoms with Crippen LogP contribution in [0.3, 0.4) is 0 Å². The fraction of sp³-hybridized carbons (Fsp3) is 0.296. The first-order valence-corrected chi connectivity index (χ1v) is 13.3. The summed E-state index contributed by atoms with van der Waals surface area (Å²) in [5.74, 6) is 1.28. The van der Waals surface area contributed by atoms with E-state index in [1.165, 1.54) is 17.3 Å². The minimum atomic E-state index is -0.258. The maximum Gasteiger partial charge on any atom is 0.274 e. The van der Waals surface area contributed by atoms with Crippen LogP contribution in [0.15, 0.2) is 71.9 Å². The Morgan fingerprint density at radius 1 is 1.08 bits per heavy atom. The quantitative estimate of drug-likeness (QED) is 0.175. The summed E-state index contributed by atoms with van der Waals surface area (Å²) in [5.41, 5.74) is 5.24. The van der Waals surface area contributed by atoms with Gasteiger partial charge < -0.3 is 4.90 Å². The van der Waals surface area contributed by atoms with Crippen molar-refractivity contribution in [1.82, 2.24) is 20.3 Å². The molecule has 2 heterocycles. The Kier molecular flexibility index (Phi) is 9.75. The van der Waals surface area contributed by atoms with Crippen LogP contribution in [0.25, 0.3) is 6.08 Å². The van der Waals surface area contributed by atoms with Gasteiger partial charge in [0.25, 0.3) is 5.91 Å². The number of thioether (sulfide) groups is 1. The summed E-state index contributed by atoms with van der Waals surface area (Å²) in [4.78, 5) is 30.8. The monoisotopic (exact) mass is 523 g/mol. The lowest BCUT2D eigenvalue weighted by Gasteiger charge is -2.35. The normalized spacial score (nSPS) is 14.3.